The van der Waals surface area contributed by atoms with Gasteiger partial charge in [0.05, 0.1) is 0 Å². The first-order valence-electron chi connectivity index (χ1n) is 4.89. The summed E-state index contributed by atoms with van der Waals surface area (Å²) < 4.78 is 0. The Morgan fingerprint density at radius 2 is 1.21 bits per heavy atom. The van der Waals surface area contributed by atoms with Gasteiger partial charge in [0.2, 0.25) is 0 Å². The van der Waals surface area contributed by atoms with Crippen molar-refractivity contribution in [2.75, 3.05) is 0 Å². The van der Waals surface area contributed by atoms with Gasteiger partial charge in [-0.25, -0.2) is 5.57 Å². The summed E-state index contributed by atoms with van der Waals surface area (Å²) >= 11 is 0. The zero-order valence-electron chi connectivity index (χ0n) is 11.4. The van der Waals surface area contributed by atoms with Gasteiger partial charge in [0, 0.05) is 21.7 Å². The van der Waals surface area contributed by atoms with Crippen LogP contribution in [-0.4, -0.2) is 34.7 Å². The Morgan fingerprint density at radius 3 is 1.26 bits per heavy atom. The third-order valence-corrected chi connectivity index (χ3v) is 2.24. The van der Waals surface area contributed by atoms with Crippen LogP contribution in [0.2, 0.25) is 0 Å². The number of hydrogen-bond donors (Lipinski definition) is 3. The maximum absolute atomic E-state index is 8.36. The molecule has 0 bridgehead atoms. The van der Waals surface area contributed by atoms with Crippen LogP contribution in [0.4, 0.5) is 0 Å². The van der Waals surface area contributed by atoms with E-state index in [0.717, 1.165) is 0 Å². The molecule has 1 aliphatic carbocycles. The first kappa shape index (κ1) is 26.2. The number of allylic oxidation sites excluding steroid dienone is 4. The zero-order valence-corrected chi connectivity index (χ0v) is 12.9. The summed E-state index contributed by atoms with van der Waals surface area (Å²) in [5, 5.41) is 20.7. The second kappa shape index (κ2) is 19.0. The fraction of sp³-hybridized carbons (Fsp3) is 0.417. The number of hydrogen-bond acceptors (Lipinski definition) is 3. The molecule has 0 radical (unpaired) electrons. The third-order valence-electron chi connectivity index (χ3n) is 2.24. The molecule has 1 aliphatic rings. The molecular formula is C12H19O6Ti-. The number of rotatable bonds is 0. The van der Waals surface area contributed by atoms with E-state index in [-0.39, 0.29) is 41.1 Å². The predicted octanol–water partition coefficient (Wildman–Crippen LogP) is 1.82. The van der Waals surface area contributed by atoms with Crippen LogP contribution in [0, 0.1) is 12.0 Å². The maximum atomic E-state index is 8.36. The molecule has 1 rings (SSSR count). The Labute approximate surface area is 127 Å². The van der Waals surface area contributed by atoms with Crippen LogP contribution < -0.4 is 0 Å². The molecule has 0 aromatic heterocycles. The minimum absolute atomic E-state index is 0. The smallest absolute Gasteiger partial charge is 0.290 e. The second-order valence-electron chi connectivity index (χ2n) is 3.12. The van der Waals surface area contributed by atoms with Gasteiger partial charge >= 0.3 is 0 Å². The van der Waals surface area contributed by atoms with E-state index in [0.29, 0.717) is 5.92 Å². The van der Waals surface area contributed by atoms with Crippen molar-refractivity contribution in [1.29, 1.82) is 0 Å². The molecule has 0 spiro atoms. The van der Waals surface area contributed by atoms with Crippen molar-refractivity contribution in [2.24, 2.45) is 5.92 Å². The van der Waals surface area contributed by atoms with Gasteiger partial charge in [0.25, 0.3) is 19.4 Å². The topological polar surface area (TPSA) is 112 Å². The Balaban J connectivity index is -0.0000000956. The summed E-state index contributed by atoms with van der Waals surface area (Å²) in [6.45, 7) is 7.92. The molecule has 0 heterocycles. The minimum atomic E-state index is -0.250. The van der Waals surface area contributed by atoms with Crippen molar-refractivity contribution in [2.45, 2.75) is 27.7 Å². The average molecular weight is 307 g/mol. The molecule has 19 heavy (non-hydrogen) atoms. The van der Waals surface area contributed by atoms with Gasteiger partial charge in [-0.05, 0) is 0 Å². The van der Waals surface area contributed by atoms with Crippen molar-refractivity contribution in [3.8, 4) is 0 Å². The molecule has 0 saturated carbocycles. The summed E-state index contributed by atoms with van der Waals surface area (Å²) in [6, 6.07) is 0. The van der Waals surface area contributed by atoms with Gasteiger partial charge in [-0.1, -0.05) is 26.7 Å². The quantitative estimate of drug-likeness (QED) is 0.357. The van der Waals surface area contributed by atoms with Crippen LogP contribution in [0.15, 0.2) is 16.7 Å². The SMILES string of the molecule is CC1=[C-]C(C)C(C)=C1C.O=CO.O=CO.O=CO.[Ti]. The van der Waals surface area contributed by atoms with Crippen LogP contribution in [0.5, 0.6) is 0 Å². The van der Waals surface area contributed by atoms with Gasteiger partial charge in [-0.15, -0.1) is 6.92 Å². The van der Waals surface area contributed by atoms with E-state index in [1.54, 1.807) is 0 Å². The fourth-order valence-corrected chi connectivity index (χ4v) is 1.16. The van der Waals surface area contributed by atoms with E-state index in [2.05, 4.69) is 33.8 Å². The van der Waals surface area contributed by atoms with Crippen LogP contribution in [0.25, 0.3) is 0 Å². The molecule has 6 nitrogen and oxygen atoms in total. The van der Waals surface area contributed by atoms with Crippen LogP contribution in [0.1, 0.15) is 27.7 Å². The van der Waals surface area contributed by atoms with Crippen molar-refractivity contribution >= 4 is 19.4 Å². The first-order valence-corrected chi connectivity index (χ1v) is 4.89. The summed E-state index contributed by atoms with van der Waals surface area (Å²) in [6.07, 6.45) is 3.36. The van der Waals surface area contributed by atoms with Gasteiger partial charge in [-0.2, -0.15) is 11.1 Å². The van der Waals surface area contributed by atoms with Crippen LogP contribution in [-0.2, 0) is 36.1 Å². The van der Waals surface area contributed by atoms with Crippen molar-refractivity contribution in [3.63, 3.8) is 0 Å². The molecule has 108 valence electrons. The fourth-order valence-electron chi connectivity index (χ4n) is 1.16. The van der Waals surface area contributed by atoms with E-state index in [9.17, 15) is 0 Å². The van der Waals surface area contributed by atoms with Gasteiger partial charge in [0.1, 0.15) is 0 Å². The molecule has 1 unspecified atom stereocenters. The molecule has 0 saturated heterocycles. The van der Waals surface area contributed by atoms with Crippen LogP contribution >= 0.6 is 0 Å². The Morgan fingerprint density at radius 1 is 0.947 bits per heavy atom. The largest absolute Gasteiger partial charge is 0.483 e. The Bertz CT molecular complexity index is 295. The maximum Gasteiger partial charge on any atom is 0.290 e. The molecule has 0 aromatic rings. The molecule has 0 amide bonds. The molecule has 0 aromatic carbocycles. The molecule has 7 heteroatoms. The van der Waals surface area contributed by atoms with E-state index < -0.39 is 0 Å². The number of carboxylic acid groups (broad SMARTS) is 3. The molecular weight excluding hydrogens is 288 g/mol. The van der Waals surface area contributed by atoms with Crippen molar-refractivity contribution in [3.05, 3.63) is 22.8 Å². The molecule has 0 fully saturated rings. The molecule has 0 aliphatic heterocycles. The van der Waals surface area contributed by atoms with E-state index in [1.165, 1.54) is 16.7 Å². The molecule has 3 N–H and O–H groups in total. The van der Waals surface area contributed by atoms with E-state index >= 15 is 0 Å². The minimum Gasteiger partial charge on any atom is -0.483 e. The van der Waals surface area contributed by atoms with E-state index in [4.69, 9.17) is 29.7 Å². The van der Waals surface area contributed by atoms with Gasteiger partial charge < -0.3 is 15.3 Å². The standard InChI is InChI=1S/C9H13.3CH2O2.Ti/c1-6-5-7(2)9(4)8(6)3;3*2-1-3;/h6H,1-4H3;3*1H,(H,2,3);/q-1;;;;. The number of carbonyl (C=O) groups is 3. The summed E-state index contributed by atoms with van der Waals surface area (Å²) in [5.41, 5.74) is 4.25. The van der Waals surface area contributed by atoms with Crippen molar-refractivity contribution in [1.82, 2.24) is 0 Å². The predicted molar refractivity (Wildman–Crippen MR) is 66.0 cm³/mol. The summed E-state index contributed by atoms with van der Waals surface area (Å²) in [5.74, 6) is 0.560. The Kier molecular flexibility index (Phi) is 26.2. The first-order chi connectivity index (χ1) is 8.37. The summed E-state index contributed by atoms with van der Waals surface area (Å²) in [7, 11) is 0. The third kappa shape index (κ3) is 16.6. The van der Waals surface area contributed by atoms with Gasteiger partial charge in [0.15, 0.2) is 0 Å². The van der Waals surface area contributed by atoms with E-state index in [1.807, 2.05) is 0 Å². The van der Waals surface area contributed by atoms with Gasteiger partial charge in [-0.3, -0.25) is 20.5 Å². The molecule has 1 atom stereocenters. The average Bonchev–Trinajstić information content (AvgIpc) is 2.49. The monoisotopic (exact) mass is 307 g/mol. The summed E-state index contributed by atoms with van der Waals surface area (Å²) in [4.78, 5) is 25.1. The van der Waals surface area contributed by atoms with Crippen LogP contribution in [0.3, 0.4) is 0 Å². The Hall–Kier alpha value is -1.40. The zero-order chi connectivity index (χ0) is 15.1. The van der Waals surface area contributed by atoms with Crippen molar-refractivity contribution < 1.29 is 51.4 Å². The second-order valence-corrected chi connectivity index (χ2v) is 3.12. The normalized spacial score (nSPS) is 14.7.